The molecule has 1 saturated heterocycles. The Morgan fingerprint density at radius 2 is 1.79 bits per heavy atom. The van der Waals surface area contributed by atoms with E-state index in [1.807, 2.05) is 24.5 Å². The van der Waals surface area contributed by atoms with Crippen LogP contribution in [0.2, 0.25) is 0 Å². The number of amides is 2. The Balaban J connectivity index is 1.40. The highest BCUT2D eigenvalue weighted by Gasteiger charge is 2.23. The van der Waals surface area contributed by atoms with Gasteiger partial charge in [-0.2, -0.15) is 0 Å². The van der Waals surface area contributed by atoms with E-state index >= 15 is 0 Å². The standard InChI is InChI=1S/C27H33N3O3/c1-3-4-5-13-30-14-11-20(12-15-30)25-18-33-26-10-9-23(17-24(25)26)29-27(32)28-22-8-6-7-21(16-22)19(2)31/h6-10,16-18,20H,3-5,11-15H2,1-2H3,(H2,28,29,32). The molecule has 1 aliphatic heterocycles. The molecule has 3 aromatic rings. The summed E-state index contributed by atoms with van der Waals surface area (Å²) in [4.78, 5) is 26.7. The van der Waals surface area contributed by atoms with Gasteiger partial charge in [-0.3, -0.25) is 4.79 Å². The number of Topliss-reactive ketones (excluding diaryl/α,β-unsaturated/α-hetero) is 1. The van der Waals surface area contributed by atoms with Crippen LogP contribution in [-0.2, 0) is 0 Å². The maximum Gasteiger partial charge on any atom is 0.323 e. The average Bonchev–Trinajstić information content (AvgIpc) is 3.23. The lowest BCUT2D eigenvalue weighted by molar-refractivity contribution is 0.101. The van der Waals surface area contributed by atoms with Crippen LogP contribution in [0, 0.1) is 0 Å². The van der Waals surface area contributed by atoms with Gasteiger partial charge in [-0.1, -0.05) is 31.9 Å². The van der Waals surface area contributed by atoms with Crippen molar-refractivity contribution in [2.24, 2.45) is 0 Å². The highest BCUT2D eigenvalue weighted by atomic mass is 16.3. The van der Waals surface area contributed by atoms with Crippen molar-refractivity contribution < 1.29 is 14.0 Å². The summed E-state index contributed by atoms with van der Waals surface area (Å²) in [6.07, 6.45) is 8.00. The number of piperidine rings is 1. The molecule has 0 unspecified atom stereocenters. The van der Waals surface area contributed by atoms with E-state index in [0.717, 1.165) is 36.9 Å². The Kier molecular flexibility index (Phi) is 7.45. The van der Waals surface area contributed by atoms with Gasteiger partial charge in [0.1, 0.15) is 5.58 Å². The second kappa shape index (κ2) is 10.7. The number of hydrogen-bond acceptors (Lipinski definition) is 4. The molecule has 0 radical (unpaired) electrons. The fourth-order valence-electron chi connectivity index (χ4n) is 4.61. The molecule has 174 valence electrons. The zero-order valence-corrected chi connectivity index (χ0v) is 19.5. The van der Waals surface area contributed by atoms with Gasteiger partial charge in [-0.05, 0) is 82.1 Å². The van der Waals surface area contributed by atoms with Crippen LogP contribution >= 0.6 is 0 Å². The number of hydrogen-bond donors (Lipinski definition) is 2. The molecular formula is C27H33N3O3. The van der Waals surface area contributed by atoms with Crippen LogP contribution < -0.4 is 10.6 Å². The van der Waals surface area contributed by atoms with Crippen LogP contribution in [0.3, 0.4) is 0 Å². The van der Waals surface area contributed by atoms with E-state index in [4.69, 9.17) is 4.42 Å². The molecule has 4 rings (SSSR count). The van der Waals surface area contributed by atoms with E-state index in [9.17, 15) is 9.59 Å². The van der Waals surface area contributed by atoms with E-state index < -0.39 is 0 Å². The van der Waals surface area contributed by atoms with Gasteiger partial charge in [0, 0.05) is 27.9 Å². The van der Waals surface area contributed by atoms with Crippen molar-refractivity contribution in [2.75, 3.05) is 30.3 Å². The summed E-state index contributed by atoms with van der Waals surface area (Å²) in [5.74, 6) is 0.441. The minimum absolute atomic E-state index is 0.0382. The maximum atomic E-state index is 12.5. The van der Waals surface area contributed by atoms with Crippen LogP contribution in [0.1, 0.15) is 67.8 Å². The largest absolute Gasteiger partial charge is 0.464 e. The molecule has 0 aliphatic carbocycles. The van der Waals surface area contributed by atoms with Gasteiger partial charge in [-0.15, -0.1) is 0 Å². The molecule has 1 aliphatic rings. The number of likely N-dealkylation sites (tertiary alicyclic amines) is 1. The van der Waals surface area contributed by atoms with Gasteiger partial charge in [-0.25, -0.2) is 4.79 Å². The smallest absolute Gasteiger partial charge is 0.323 e. The quantitative estimate of drug-likeness (QED) is 0.299. The Bertz CT molecular complexity index is 1110. The zero-order valence-electron chi connectivity index (χ0n) is 19.5. The molecule has 0 spiro atoms. The number of carbonyl (C=O) groups excluding carboxylic acids is 2. The molecule has 2 aromatic carbocycles. The normalized spacial score (nSPS) is 15.0. The van der Waals surface area contributed by atoms with Gasteiger partial charge in [0.05, 0.1) is 6.26 Å². The van der Waals surface area contributed by atoms with Crippen LogP contribution in [0.4, 0.5) is 16.2 Å². The summed E-state index contributed by atoms with van der Waals surface area (Å²) in [7, 11) is 0. The SMILES string of the molecule is CCCCCN1CCC(c2coc3ccc(NC(=O)Nc4cccc(C(C)=O)c4)cc23)CC1. The summed E-state index contributed by atoms with van der Waals surface area (Å²) < 4.78 is 5.83. The molecule has 33 heavy (non-hydrogen) atoms. The predicted molar refractivity (Wildman–Crippen MR) is 133 cm³/mol. The van der Waals surface area contributed by atoms with E-state index in [2.05, 4.69) is 22.5 Å². The first-order valence-corrected chi connectivity index (χ1v) is 12.0. The molecule has 6 heteroatoms. The molecule has 0 saturated carbocycles. The van der Waals surface area contributed by atoms with Crippen molar-refractivity contribution in [3.8, 4) is 0 Å². The molecule has 2 heterocycles. The van der Waals surface area contributed by atoms with E-state index in [-0.39, 0.29) is 11.8 Å². The van der Waals surface area contributed by atoms with Crippen LogP contribution in [-0.4, -0.2) is 36.3 Å². The number of nitrogens with zero attached hydrogens (tertiary/aromatic N) is 1. The molecule has 2 amide bonds. The van der Waals surface area contributed by atoms with E-state index in [1.165, 1.54) is 38.3 Å². The van der Waals surface area contributed by atoms with E-state index in [0.29, 0.717) is 22.9 Å². The number of nitrogens with one attached hydrogen (secondary N) is 2. The third-order valence-electron chi connectivity index (χ3n) is 6.49. The molecular weight excluding hydrogens is 414 g/mol. The predicted octanol–water partition coefficient (Wildman–Crippen LogP) is 6.65. The van der Waals surface area contributed by atoms with Crippen LogP contribution in [0.15, 0.2) is 53.1 Å². The third-order valence-corrected chi connectivity index (χ3v) is 6.49. The molecule has 2 N–H and O–H groups in total. The summed E-state index contributed by atoms with van der Waals surface area (Å²) in [5.41, 5.74) is 3.93. The molecule has 0 bridgehead atoms. The number of fused-ring (bicyclic) bond motifs is 1. The minimum atomic E-state index is -0.347. The summed E-state index contributed by atoms with van der Waals surface area (Å²) in [5, 5.41) is 6.77. The highest BCUT2D eigenvalue weighted by Crippen LogP contribution is 2.35. The number of urea groups is 1. The zero-order chi connectivity index (χ0) is 23.2. The second-order valence-corrected chi connectivity index (χ2v) is 8.94. The lowest BCUT2D eigenvalue weighted by Gasteiger charge is -2.31. The van der Waals surface area contributed by atoms with Crippen molar-refractivity contribution in [1.29, 1.82) is 0 Å². The van der Waals surface area contributed by atoms with Crippen molar-refractivity contribution in [3.05, 3.63) is 59.9 Å². The number of carbonyl (C=O) groups is 2. The van der Waals surface area contributed by atoms with Gasteiger partial charge < -0.3 is 20.0 Å². The molecule has 1 fully saturated rings. The van der Waals surface area contributed by atoms with Gasteiger partial charge in [0.15, 0.2) is 5.78 Å². The number of anilines is 2. The Hall–Kier alpha value is -3.12. The lowest BCUT2D eigenvalue weighted by Crippen LogP contribution is -2.33. The van der Waals surface area contributed by atoms with Gasteiger partial charge >= 0.3 is 6.03 Å². The number of ketones is 1. The first-order valence-electron chi connectivity index (χ1n) is 12.0. The van der Waals surface area contributed by atoms with Gasteiger partial charge in [0.2, 0.25) is 0 Å². The van der Waals surface area contributed by atoms with Crippen molar-refractivity contribution in [2.45, 2.75) is 51.9 Å². The van der Waals surface area contributed by atoms with Crippen LogP contribution in [0.25, 0.3) is 11.0 Å². The fourth-order valence-corrected chi connectivity index (χ4v) is 4.61. The number of rotatable bonds is 8. The summed E-state index contributed by atoms with van der Waals surface area (Å²) in [6.45, 7) is 7.20. The topological polar surface area (TPSA) is 74.6 Å². The first kappa shape index (κ1) is 23.1. The highest BCUT2D eigenvalue weighted by molar-refractivity contribution is 6.02. The fraction of sp³-hybridized carbons (Fsp3) is 0.407. The monoisotopic (exact) mass is 447 g/mol. The number of unbranched alkanes of at least 4 members (excludes halogenated alkanes) is 2. The van der Waals surface area contributed by atoms with Gasteiger partial charge in [0.25, 0.3) is 0 Å². The molecule has 6 nitrogen and oxygen atoms in total. The van der Waals surface area contributed by atoms with Crippen molar-refractivity contribution in [1.82, 2.24) is 4.90 Å². The molecule has 0 atom stereocenters. The van der Waals surface area contributed by atoms with Crippen LogP contribution in [0.5, 0.6) is 0 Å². The average molecular weight is 448 g/mol. The summed E-state index contributed by atoms with van der Waals surface area (Å²) >= 11 is 0. The molecule has 1 aromatic heterocycles. The first-order chi connectivity index (χ1) is 16.0. The minimum Gasteiger partial charge on any atom is -0.464 e. The number of benzene rings is 2. The Labute approximate surface area is 195 Å². The lowest BCUT2D eigenvalue weighted by atomic mass is 9.89. The Morgan fingerprint density at radius 1 is 1.03 bits per heavy atom. The summed E-state index contributed by atoms with van der Waals surface area (Å²) in [6, 6.07) is 12.3. The Morgan fingerprint density at radius 3 is 2.52 bits per heavy atom. The second-order valence-electron chi connectivity index (χ2n) is 8.94. The van der Waals surface area contributed by atoms with Crippen molar-refractivity contribution >= 4 is 34.2 Å². The maximum absolute atomic E-state index is 12.5. The van der Waals surface area contributed by atoms with Crippen molar-refractivity contribution in [3.63, 3.8) is 0 Å². The third kappa shape index (κ3) is 5.82. The number of furan rings is 1. The van der Waals surface area contributed by atoms with E-state index in [1.54, 1.807) is 24.3 Å².